The number of halogens is 2. The molecule has 1 aromatic rings. The van der Waals surface area contributed by atoms with Crippen LogP contribution in [0, 0.1) is 5.39 Å². The minimum Gasteiger partial charge on any atom is -1.00 e. The molecule has 0 radical (unpaired) electrons. The van der Waals surface area contributed by atoms with E-state index >= 15 is 0 Å². The highest BCUT2D eigenvalue weighted by atomic mass is 35.5. The molecule has 0 saturated heterocycles. The SMILES string of the molecule is N#[N+]c1cc(Cl)ccc1O.[Cl-]. The number of benzene rings is 1. The number of hydrogen-bond donors (Lipinski definition) is 1. The van der Waals surface area contributed by atoms with Crippen molar-refractivity contribution in [3.05, 3.63) is 28.2 Å². The van der Waals surface area contributed by atoms with Gasteiger partial charge in [0.25, 0.3) is 0 Å². The Kier molecular flexibility index (Phi) is 3.66. The van der Waals surface area contributed by atoms with Crippen LogP contribution in [0.1, 0.15) is 0 Å². The first-order valence-electron chi connectivity index (χ1n) is 2.57. The first-order chi connectivity index (χ1) is 4.74. The fourth-order valence-electron chi connectivity index (χ4n) is 0.577. The molecule has 0 fully saturated rings. The summed E-state index contributed by atoms with van der Waals surface area (Å²) in [5.74, 6) is -0.0908. The van der Waals surface area contributed by atoms with Gasteiger partial charge in [0.1, 0.15) is 0 Å². The van der Waals surface area contributed by atoms with Gasteiger partial charge in [0, 0.05) is 5.02 Å². The number of aromatic hydroxyl groups is 1. The van der Waals surface area contributed by atoms with Gasteiger partial charge in [-0.3, -0.25) is 0 Å². The fraction of sp³-hybridized carbons (Fsp3) is 0. The third-order valence-corrected chi connectivity index (χ3v) is 1.28. The molecule has 0 spiro atoms. The lowest BCUT2D eigenvalue weighted by Gasteiger charge is -1.85. The highest BCUT2D eigenvalue weighted by molar-refractivity contribution is 6.30. The second kappa shape index (κ2) is 4.02. The van der Waals surface area contributed by atoms with Gasteiger partial charge in [0.15, 0.2) is 4.98 Å². The van der Waals surface area contributed by atoms with Crippen LogP contribution in [-0.4, -0.2) is 5.11 Å². The largest absolute Gasteiger partial charge is 1.00 e. The van der Waals surface area contributed by atoms with Crippen LogP contribution >= 0.6 is 11.6 Å². The van der Waals surface area contributed by atoms with E-state index in [2.05, 4.69) is 4.98 Å². The van der Waals surface area contributed by atoms with Crippen LogP contribution in [-0.2, 0) is 0 Å². The molecule has 3 nitrogen and oxygen atoms in total. The first-order valence-corrected chi connectivity index (χ1v) is 2.95. The number of nitrogens with zero attached hydrogens (tertiary/aromatic N) is 2. The van der Waals surface area contributed by atoms with Crippen molar-refractivity contribution in [3.63, 3.8) is 0 Å². The van der Waals surface area contributed by atoms with Gasteiger partial charge in [-0.25, -0.2) is 0 Å². The maximum Gasteiger partial charge on any atom is 0.427 e. The summed E-state index contributed by atoms with van der Waals surface area (Å²) in [7, 11) is 0. The molecule has 1 rings (SSSR count). The number of phenolic OH excluding ortho intramolecular Hbond substituents is 1. The Morgan fingerprint density at radius 2 is 2.09 bits per heavy atom. The standard InChI is InChI=1S/C6H3ClN2O.ClH/c7-4-1-2-6(10)5(3-4)9-8;/h1-3H;1H. The number of diazo groups is 1. The van der Waals surface area contributed by atoms with Gasteiger partial charge in [0.2, 0.25) is 11.1 Å². The number of hydrogen-bond acceptors (Lipinski definition) is 2. The summed E-state index contributed by atoms with van der Waals surface area (Å²) in [5.41, 5.74) is 0.0764. The van der Waals surface area contributed by atoms with E-state index in [0.717, 1.165) is 0 Å². The molecule has 0 aliphatic heterocycles. The van der Waals surface area contributed by atoms with Gasteiger partial charge in [-0.2, -0.15) is 0 Å². The Labute approximate surface area is 74.6 Å². The van der Waals surface area contributed by atoms with Gasteiger partial charge in [0.05, 0.1) is 6.07 Å². The molecule has 0 amide bonds. The predicted molar refractivity (Wildman–Crippen MR) is 37.9 cm³/mol. The lowest BCUT2D eigenvalue weighted by molar-refractivity contribution is -0.00000315. The Morgan fingerprint density at radius 3 is 2.55 bits per heavy atom. The molecule has 0 unspecified atom stereocenters. The van der Waals surface area contributed by atoms with E-state index in [0.29, 0.717) is 5.02 Å². The van der Waals surface area contributed by atoms with Crippen molar-refractivity contribution in [3.8, 4) is 5.75 Å². The van der Waals surface area contributed by atoms with Crippen LogP contribution in [0.4, 0.5) is 5.69 Å². The van der Waals surface area contributed by atoms with Crippen LogP contribution in [0.2, 0.25) is 5.02 Å². The topological polar surface area (TPSA) is 48.4 Å². The van der Waals surface area contributed by atoms with Crippen LogP contribution < -0.4 is 12.4 Å². The summed E-state index contributed by atoms with van der Waals surface area (Å²) in [6, 6.07) is 4.22. The van der Waals surface area contributed by atoms with E-state index in [1.165, 1.54) is 18.2 Å². The Bertz CT molecular complexity index is 295. The zero-order valence-electron chi connectivity index (χ0n) is 5.33. The highest BCUT2D eigenvalue weighted by Gasteiger charge is 2.11. The molecule has 0 aliphatic rings. The van der Waals surface area contributed by atoms with Crippen molar-refractivity contribution in [2.45, 2.75) is 0 Å². The first kappa shape index (κ1) is 10.0. The third kappa shape index (κ3) is 2.26. The smallest absolute Gasteiger partial charge is 0.427 e. The summed E-state index contributed by atoms with van der Waals surface area (Å²) in [6.45, 7) is 0. The van der Waals surface area contributed by atoms with Crippen molar-refractivity contribution < 1.29 is 17.5 Å². The normalized spacial score (nSPS) is 8.00. The van der Waals surface area contributed by atoms with E-state index in [9.17, 15) is 0 Å². The molecule has 0 aromatic heterocycles. The Balaban J connectivity index is 0.000001000. The molecular weight excluding hydrogens is 187 g/mol. The molecule has 11 heavy (non-hydrogen) atoms. The van der Waals surface area contributed by atoms with Crippen molar-refractivity contribution in [2.75, 3.05) is 0 Å². The van der Waals surface area contributed by atoms with Crippen LogP contribution in [0.5, 0.6) is 5.75 Å². The van der Waals surface area contributed by atoms with Crippen LogP contribution in [0.15, 0.2) is 18.2 Å². The Morgan fingerprint density at radius 1 is 1.45 bits per heavy atom. The van der Waals surface area contributed by atoms with Gasteiger partial charge in [-0.15, -0.1) is 0 Å². The minimum absolute atomic E-state index is 0. The highest BCUT2D eigenvalue weighted by Crippen LogP contribution is 2.28. The molecule has 1 N–H and O–H groups in total. The molecule has 0 bridgehead atoms. The van der Waals surface area contributed by atoms with E-state index < -0.39 is 0 Å². The zero-order chi connectivity index (χ0) is 7.56. The van der Waals surface area contributed by atoms with Crippen molar-refractivity contribution in [1.29, 1.82) is 5.39 Å². The van der Waals surface area contributed by atoms with E-state index in [1.807, 2.05) is 0 Å². The van der Waals surface area contributed by atoms with E-state index in [4.69, 9.17) is 22.1 Å². The fourth-order valence-corrected chi connectivity index (χ4v) is 0.743. The van der Waals surface area contributed by atoms with Crippen molar-refractivity contribution in [1.82, 2.24) is 0 Å². The molecule has 0 aliphatic carbocycles. The lowest BCUT2D eigenvalue weighted by atomic mass is 10.3. The molecule has 1 aromatic carbocycles. The Hall–Kier alpha value is -0.980. The average molecular weight is 191 g/mol. The van der Waals surface area contributed by atoms with Gasteiger partial charge in [-0.1, -0.05) is 11.6 Å². The van der Waals surface area contributed by atoms with Gasteiger partial charge in [-0.05, 0) is 12.1 Å². The second-order valence-corrected chi connectivity index (χ2v) is 2.17. The summed E-state index contributed by atoms with van der Waals surface area (Å²) >= 11 is 5.51. The van der Waals surface area contributed by atoms with Crippen LogP contribution in [0.3, 0.4) is 0 Å². The van der Waals surface area contributed by atoms with E-state index in [-0.39, 0.29) is 23.8 Å². The molecule has 0 saturated carbocycles. The molecule has 5 heteroatoms. The summed E-state index contributed by atoms with van der Waals surface area (Å²) < 4.78 is 0. The van der Waals surface area contributed by atoms with Crippen molar-refractivity contribution in [2.24, 2.45) is 0 Å². The molecular formula is C6H4Cl2N2O. The summed E-state index contributed by atoms with van der Waals surface area (Å²) in [5, 5.41) is 17.6. The second-order valence-electron chi connectivity index (χ2n) is 1.73. The van der Waals surface area contributed by atoms with Gasteiger partial charge < -0.3 is 17.5 Å². The average Bonchev–Trinajstić information content (AvgIpc) is 1.94. The quantitative estimate of drug-likeness (QED) is 0.563. The molecule has 58 valence electrons. The number of rotatable bonds is 0. The summed E-state index contributed by atoms with van der Waals surface area (Å²) in [4.78, 5) is 2.80. The monoisotopic (exact) mass is 190 g/mol. The lowest BCUT2D eigenvalue weighted by Crippen LogP contribution is -3.00. The maximum absolute atomic E-state index is 8.92. The van der Waals surface area contributed by atoms with Crippen LogP contribution in [0.25, 0.3) is 4.98 Å². The van der Waals surface area contributed by atoms with Crippen molar-refractivity contribution >= 4 is 17.3 Å². The molecule has 0 heterocycles. The molecule has 0 atom stereocenters. The minimum atomic E-state index is -0.0908. The summed E-state index contributed by atoms with van der Waals surface area (Å²) in [6.07, 6.45) is 0. The zero-order valence-corrected chi connectivity index (χ0v) is 6.84. The third-order valence-electron chi connectivity index (χ3n) is 1.05. The predicted octanol–water partition coefficient (Wildman–Crippen LogP) is -0.466. The number of phenols is 1. The van der Waals surface area contributed by atoms with E-state index in [1.54, 1.807) is 0 Å². The maximum atomic E-state index is 8.92. The van der Waals surface area contributed by atoms with Gasteiger partial charge >= 0.3 is 5.69 Å².